The van der Waals surface area contributed by atoms with Crippen LogP contribution in [0.4, 0.5) is 0 Å². The van der Waals surface area contributed by atoms with Crippen molar-refractivity contribution < 1.29 is 29.9 Å². The van der Waals surface area contributed by atoms with Gasteiger partial charge in [0.05, 0.1) is 18.2 Å². The lowest BCUT2D eigenvalue weighted by molar-refractivity contribution is -0.157. The zero-order valence-electron chi connectivity index (χ0n) is 15.5. The smallest absolute Gasteiger partial charge is 0.137 e. The maximum Gasteiger partial charge on any atom is 0.137 e. The zero-order chi connectivity index (χ0) is 20.3. The molecular weight excluding hydrogens is 384 g/mol. The highest BCUT2D eigenvalue weighted by Gasteiger charge is 2.43. The SMILES string of the molecule is COc1ccc(Cc2ccccc2O[C@@H]2C[C@H](CO)[C@@H](O)[C@H](O)[C@H]2O)cc1Cl. The van der Waals surface area contributed by atoms with Crippen molar-refractivity contribution in [1.82, 2.24) is 0 Å². The van der Waals surface area contributed by atoms with Gasteiger partial charge in [-0.25, -0.2) is 0 Å². The van der Waals surface area contributed by atoms with E-state index in [1.165, 1.54) is 0 Å². The topological polar surface area (TPSA) is 99.4 Å². The van der Waals surface area contributed by atoms with Gasteiger partial charge in [0, 0.05) is 18.9 Å². The fourth-order valence-electron chi connectivity index (χ4n) is 3.55. The maximum absolute atomic E-state index is 10.3. The summed E-state index contributed by atoms with van der Waals surface area (Å²) in [5.41, 5.74) is 1.85. The molecule has 1 aliphatic carbocycles. The molecule has 0 amide bonds. The second-order valence-corrected chi connectivity index (χ2v) is 7.47. The summed E-state index contributed by atoms with van der Waals surface area (Å²) in [6.45, 7) is -0.295. The first kappa shape index (κ1) is 20.9. The van der Waals surface area contributed by atoms with Crippen LogP contribution >= 0.6 is 11.6 Å². The summed E-state index contributed by atoms with van der Waals surface area (Å²) >= 11 is 6.21. The van der Waals surface area contributed by atoms with E-state index in [-0.39, 0.29) is 13.0 Å². The summed E-state index contributed by atoms with van der Waals surface area (Å²) in [5, 5.41) is 40.3. The fourth-order valence-corrected chi connectivity index (χ4v) is 3.83. The molecule has 0 radical (unpaired) electrons. The lowest BCUT2D eigenvalue weighted by Gasteiger charge is -2.39. The average molecular weight is 409 g/mol. The van der Waals surface area contributed by atoms with Gasteiger partial charge >= 0.3 is 0 Å². The first-order chi connectivity index (χ1) is 13.4. The Bertz CT molecular complexity index is 796. The van der Waals surface area contributed by atoms with E-state index in [1.54, 1.807) is 19.2 Å². The summed E-state index contributed by atoms with van der Waals surface area (Å²) in [6, 6.07) is 13.0. The monoisotopic (exact) mass is 408 g/mol. The van der Waals surface area contributed by atoms with E-state index in [2.05, 4.69) is 0 Å². The minimum absolute atomic E-state index is 0.235. The largest absolute Gasteiger partial charge is 0.495 e. The highest BCUT2D eigenvalue weighted by molar-refractivity contribution is 6.32. The number of rotatable bonds is 6. The number of para-hydroxylation sites is 1. The van der Waals surface area contributed by atoms with Gasteiger partial charge in [0.25, 0.3) is 0 Å². The van der Waals surface area contributed by atoms with Crippen LogP contribution in [0.1, 0.15) is 17.5 Å². The molecule has 4 N–H and O–H groups in total. The van der Waals surface area contributed by atoms with Crippen LogP contribution in [0.5, 0.6) is 11.5 Å². The number of hydrogen-bond donors (Lipinski definition) is 4. The Hall–Kier alpha value is -1.83. The first-order valence-electron chi connectivity index (χ1n) is 9.16. The van der Waals surface area contributed by atoms with Gasteiger partial charge in [-0.15, -0.1) is 0 Å². The van der Waals surface area contributed by atoms with Gasteiger partial charge in [-0.05, 0) is 35.7 Å². The summed E-state index contributed by atoms with van der Waals surface area (Å²) < 4.78 is 11.2. The highest BCUT2D eigenvalue weighted by Crippen LogP contribution is 2.32. The van der Waals surface area contributed by atoms with Crippen molar-refractivity contribution in [1.29, 1.82) is 0 Å². The Balaban J connectivity index is 1.79. The Labute approximate surface area is 168 Å². The van der Waals surface area contributed by atoms with Crippen molar-refractivity contribution in [3.63, 3.8) is 0 Å². The normalized spacial score (nSPS) is 27.4. The maximum atomic E-state index is 10.3. The van der Waals surface area contributed by atoms with Crippen LogP contribution in [0, 0.1) is 5.92 Å². The van der Waals surface area contributed by atoms with Crippen molar-refractivity contribution in [3.8, 4) is 11.5 Å². The molecule has 6 nitrogen and oxygen atoms in total. The molecule has 0 saturated heterocycles. The number of halogens is 1. The van der Waals surface area contributed by atoms with Crippen LogP contribution in [-0.2, 0) is 6.42 Å². The molecule has 0 aliphatic heterocycles. The van der Waals surface area contributed by atoms with Gasteiger partial charge < -0.3 is 29.9 Å². The van der Waals surface area contributed by atoms with Crippen LogP contribution in [0.2, 0.25) is 5.02 Å². The fraction of sp³-hybridized carbons (Fsp3) is 0.429. The zero-order valence-corrected chi connectivity index (χ0v) is 16.3. The van der Waals surface area contributed by atoms with E-state index in [1.807, 2.05) is 30.3 Å². The number of aliphatic hydroxyl groups excluding tert-OH is 4. The van der Waals surface area contributed by atoms with E-state index in [0.29, 0.717) is 22.9 Å². The van der Waals surface area contributed by atoms with E-state index >= 15 is 0 Å². The van der Waals surface area contributed by atoms with Crippen LogP contribution in [0.25, 0.3) is 0 Å². The molecule has 2 aromatic rings. The van der Waals surface area contributed by atoms with Gasteiger partial charge in [0.15, 0.2) is 0 Å². The minimum Gasteiger partial charge on any atom is -0.495 e. The van der Waals surface area contributed by atoms with Gasteiger partial charge in [0.1, 0.15) is 29.8 Å². The molecule has 0 bridgehead atoms. The highest BCUT2D eigenvalue weighted by atomic mass is 35.5. The minimum atomic E-state index is -1.37. The molecular formula is C21H25ClO6. The molecule has 3 rings (SSSR count). The third kappa shape index (κ3) is 4.42. The van der Waals surface area contributed by atoms with Gasteiger partial charge in [-0.2, -0.15) is 0 Å². The number of benzene rings is 2. The van der Waals surface area contributed by atoms with Gasteiger partial charge in [-0.3, -0.25) is 0 Å². The van der Waals surface area contributed by atoms with Crippen molar-refractivity contribution in [2.24, 2.45) is 5.92 Å². The van der Waals surface area contributed by atoms with Crippen LogP contribution in [0.15, 0.2) is 42.5 Å². The van der Waals surface area contributed by atoms with E-state index < -0.39 is 30.3 Å². The molecule has 2 aromatic carbocycles. The molecule has 1 fully saturated rings. The molecule has 0 heterocycles. The molecule has 152 valence electrons. The third-order valence-electron chi connectivity index (χ3n) is 5.20. The lowest BCUT2D eigenvalue weighted by Crippen LogP contribution is -2.56. The van der Waals surface area contributed by atoms with Crippen molar-refractivity contribution in [2.45, 2.75) is 37.3 Å². The molecule has 1 aliphatic rings. The number of aliphatic hydroxyl groups is 4. The van der Waals surface area contributed by atoms with E-state index in [9.17, 15) is 20.4 Å². The molecule has 0 unspecified atom stereocenters. The first-order valence-corrected chi connectivity index (χ1v) is 9.54. The summed E-state index contributed by atoms with van der Waals surface area (Å²) in [7, 11) is 1.56. The third-order valence-corrected chi connectivity index (χ3v) is 5.49. The standard InChI is InChI=1S/C21H25ClO6/c1-27-17-7-6-12(9-15(17)22)8-13-4-2-3-5-16(13)28-18-10-14(11-23)19(24)21(26)20(18)25/h2-7,9,14,18-21,23-26H,8,10-11H2,1H3/t14-,18-,19-,20+,21+/m1/s1. The second kappa shape index (κ2) is 9.11. The predicted molar refractivity (Wildman–Crippen MR) is 105 cm³/mol. The molecule has 0 spiro atoms. The van der Waals surface area contributed by atoms with Crippen LogP contribution in [-0.4, -0.2) is 58.6 Å². The number of ether oxygens (including phenoxy) is 2. The number of methoxy groups -OCH3 is 1. The van der Waals surface area contributed by atoms with Gasteiger partial charge in [-0.1, -0.05) is 35.9 Å². The molecule has 5 atom stereocenters. The molecule has 28 heavy (non-hydrogen) atoms. The Kier molecular flexibility index (Phi) is 6.80. The summed E-state index contributed by atoms with van der Waals surface area (Å²) in [6.07, 6.45) is -3.76. The quantitative estimate of drug-likeness (QED) is 0.581. The second-order valence-electron chi connectivity index (χ2n) is 7.06. The molecule has 1 saturated carbocycles. The van der Waals surface area contributed by atoms with Crippen LogP contribution < -0.4 is 9.47 Å². The van der Waals surface area contributed by atoms with Crippen LogP contribution in [0.3, 0.4) is 0 Å². The predicted octanol–water partition coefficient (Wildman–Crippen LogP) is 1.78. The molecule has 7 heteroatoms. The average Bonchev–Trinajstić information content (AvgIpc) is 2.70. The van der Waals surface area contributed by atoms with E-state index in [0.717, 1.165) is 11.1 Å². The summed E-state index contributed by atoms with van der Waals surface area (Å²) in [4.78, 5) is 0. The Morgan fingerprint density at radius 3 is 2.43 bits per heavy atom. The van der Waals surface area contributed by atoms with Crippen molar-refractivity contribution in [3.05, 3.63) is 58.6 Å². The van der Waals surface area contributed by atoms with Crippen molar-refractivity contribution in [2.75, 3.05) is 13.7 Å². The molecule has 0 aromatic heterocycles. The van der Waals surface area contributed by atoms with E-state index in [4.69, 9.17) is 21.1 Å². The number of hydrogen-bond acceptors (Lipinski definition) is 6. The summed E-state index contributed by atoms with van der Waals surface area (Å²) in [5.74, 6) is 0.609. The lowest BCUT2D eigenvalue weighted by atomic mass is 9.81. The Morgan fingerprint density at radius 2 is 1.75 bits per heavy atom. The van der Waals surface area contributed by atoms with Gasteiger partial charge in [0.2, 0.25) is 0 Å². The van der Waals surface area contributed by atoms with Crippen molar-refractivity contribution >= 4 is 11.6 Å². The Morgan fingerprint density at radius 1 is 1.00 bits per heavy atom.